The van der Waals surface area contributed by atoms with Gasteiger partial charge in [-0.25, -0.2) is 4.58 Å². The molecule has 3 aromatic carbocycles. The third-order valence-corrected chi connectivity index (χ3v) is 9.76. The summed E-state index contributed by atoms with van der Waals surface area (Å²) in [5.74, 6) is -0.981. The summed E-state index contributed by atoms with van der Waals surface area (Å²) in [6, 6.07) is 13.0. The van der Waals surface area contributed by atoms with Crippen LogP contribution in [-0.2, 0) is 30.5 Å². The van der Waals surface area contributed by atoms with Crippen molar-refractivity contribution in [3.8, 4) is 11.5 Å². The molecule has 8 nitrogen and oxygen atoms in total. The molecular formula is C36H37F3N4O4. The fraction of sp³-hybridized carbons (Fsp3) is 0.417. The van der Waals surface area contributed by atoms with Crippen LogP contribution in [0.25, 0.3) is 5.57 Å². The summed E-state index contributed by atoms with van der Waals surface area (Å²) in [7, 11) is 0. The van der Waals surface area contributed by atoms with Gasteiger partial charge in [0.1, 0.15) is 30.6 Å². The van der Waals surface area contributed by atoms with Gasteiger partial charge in [-0.15, -0.1) is 0 Å². The topological polar surface area (TPSA) is 111 Å². The molecule has 0 fully saturated rings. The van der Waals surface area contributed by atoms with Crippen molar-refractivity contribution in [2.24, 2.45) is 5.73 Å². The van der Waals surface area contributed by atoms with Crippen molar-refractivity contribution in [1.82, 2.24) is 9.89 Å². The Kier molecular flexibility index (Phi) is 8.20. The first-order valence-corrected chi connectivity index (χ1v) is 16.5. The van der Waals surface area contributed by atoms with Crippen molar-refractivity contribution in [1.29, 1.82) is 0 Å². The highest BCUT2D eigenvalue weighted by Crippen LogP contribution is 2.48. The second-order valence-corrected chi connectivity index (χ2v) is 12.8. The van der Waals surface area contributed by atoms with Gasteiger partial charge in [0.05, 0.1) is 5.56 Å². The highest BCUT2D eigenvalue weighted by atomic mass is 19.4. The molecule has 5 aliphatic rings. The van der Waals surface area contributed by atoms with Crippen molar-refractivity contribution in [2.75, 3.05) is 44.2 Å². The maximum Gasteiger partial charge on any atom is 0.430 e. The lowest BCUT2D eigenvalue weighted by molar-refractivity contribution is -0.344. The molecule has 8 rings (SSSR count). The van der Waals surface area contributed by atoms with E-state index in [0.717, 1.165) is 81.8 Å². The van der Waals surface area contributed by atoms with Crippen LogP contribution in [0, 0.1) is 0 Å². The molecule has 0 bridgehead atoms. The van der Waals surface area contributed by atoms with Crippen molar-refractivity contribution < 1.29 is 32.6 Å². The monoisotopic (exact) mass is 646 g/mol. The number of ether oxygens (including phenoxy) is 1. The number of carboxylic acids is 1. The van der Waals surface area contributed by atoms with Crippen LogP contribution >= 0.6 is 0 Å². The molecule has 0 unspecified atom stereocenters. The number of benzene rings is 3. The number of carbonyl (C=O) groups excluding carboxylic acids is 2. The number of aryl methyl sites for hydroxylation is 2. The van der Waals surface area contributed by atoms with E-state index in [0.29, 0.717) is 18.7 Å². The Morgan fingerprint density at radius 3 is 2.38 bits per heavy atom. The van der Waals surface area contributed by atoms with E-state index >= 15 is 0 Å². The number of aliphatic carboxylic acids is 1. The maximum absolute atomic E-state index is 13.0. The van der Waals surface area contributed by atoms with Crippen LogP contribution in [-0.4, -0.2) is 57.3 Å². The van der Waals surface area contributed by atoms with Crippen LogP contribution < -0.4 is 40.9 Å². The average Bonchev–Trinajstić information content (AvgIpc) is 3.07. The highest BCUT2D eigenvalue weighted by Gasteiger charge is 2.35. The van der Waals surface area contributed by atoms with Crippen LogP contribution in [0.4, 0.5) is 18.9 Å². The number of nitrogens with one attached hydrogen (secondary N) is 1. The Morgan fingerprint density at radius 2 is 1.64 bits per heavy atom. The first-order chi connectivity index (χ1) is 22.7. The van der Waals surface area contributed by atoms with Crippen molar-refractivity contribution in [3.05, 3.63) is 85.9 Å². The van der Waals surface area contributed by atoms with E-state index in [4.69, 9.17) is 20.4 Å². The number of fused-ring (bicyclic) bond motifs is 4. The minimum Gasteiger partial charge on any atom is -0.542 e. The van der Waals surface area contributed by atoms with E-state index in [1.165, 1.54) is 62.5 Å². The van der Waals surface area contributed by atoms with E-state index in [1.807, 2.05) is 12.1 Å². The van der Waals surface area contributed by atoms with Crippen LogP contribution in [0.15, 0.2) is 36.4 Å². The van der Waals surface area contributed by atoms with Gasteiger partial charge in [-0.3, -0.25) is 4.79 Å². The number of hydrogen-bond donors (Lipinski definition) is 2. The number of hydrogen-bond acceptors (Lipinski definition) is 6. The van der Waals surface area contributed by atoms with Gasteiger partial charge in [0.15, 0.2) is 0 Å². The van der Waals surface area contributed by atoms with Crippen molar-refractivity contribution >= 4 is 23.1 Å². The maximum atomic E-state index is 13.0. The Bertz CT molecular complexity index is 1910. The van der Waals surface area contributed by atoms with E-state index in [1.54, 1.807) is 0 Å². The molecule has 0 aliphatic carbocycles. The van der Waals surface area contributed by atoms with Gasteiger partial charge in [-0.1, -0.05) is 12.1 Å². The fourth-order valence-electron chi connectivity index (χ4n) is 7.93. The highest BCUT2D eigenvalue weighted by molar-refractivity contribution is 5.96. The Labute approximate surface area is 270 Å². The summed E-state index contributed by atoms with van der Waals surface area (Å²) in [6.45, 7) is 5.45. The van der Waals surface area contributed by atoms with Gasteiger partial charge in [-0.2, -0.15) is 13.2 Å². The van der Waals surface area contributed by atoms with Gasteiger partial charge in [0.25, 0.3) is 5.91 Å². The largest absolute Gasteiger partial charge is 0.542 e. The quantitative estimate of drug-likeness (QED) is 0.329. The second kappa shape index (κ2) is 12.3. The SMILES string of the molecule is NCCNC(=O)c1cccc(C2=c3cc4c5c(c3Oc3c2cc2c6c3CCCN6CCC2)CCC[N+]=5CCC4)c1.O=C([O-])C(F)(F)F. The molecule has 11 heteroatoms. The zero-order chi connectivity index (χ0) is 32.9. The van der Waals surface area contributed by atoms with Crippen LogP contribution in [0.1, 0.15) is 69.4 Å². The van der Waals surface area contributed by atoms with E-state index in [2.05, 4.69) is 39.1 Å². The number of carboxylic acid groups (broad SMARTS) is 1. The van der Waals surface area contributed by atoms with Gasteiger partial charge in [0, 0.05) is 77.8 Å². The van der Waals surface area contributed by atoms with Crippen molar-refractivity contribution in [2.45, 2.75) is 57.5 Å². The van der Waals surface area contributed by atoms with Crippen molar-refractivity contribution in [3.63, 3.8) is 0 Å². The smallest absolute Gasteiger partial charge is 0.430 e. The normalized spacial score (nSPS) is 17.2. The van der Waals surface area contributed by atoms with Crippen LogP contribution in [0.5, 0.6) is 11.5 Å². The van der Waals surface area contributed by atoms with Gasteiger partial charge in [0.2, 0.25) is 5.36 Å². The third kappa shape index (κ3) is 5.64. The van der Waals surface area contributed by atoms with Gasteiger partial charge >= 0.3 is 6.18 Å². The zero-order valence-corrected chi connectivity index (χ0v) is 26.1. The molecule has 0 aromatic heterocycles. The average molecular weight is 647 g/mol. The molecule has 0 saturated carbocycles. The van der Waals surface area contributed by atoms with E-state index in [-0.39, 0.29) is 5.91 Å². The predicted molar refractivity (Wildman–Crippen MR) is 169 cm³/mol. The Balaban J connectivity index is 0.000000455. The summed E-state index contributed by atoms with van der Waals surface area (Å²) in [5.41, 5.74) is 16.9. The Hall–Kier alpha value is -4.38. The molecule has 3 N–H and O–H groups in total. The number of nitrogens with zero attached hydrogens (tertiary/aromatic N) is 2. The molecule has 5 aliphatic heterocycles. The fourth-order valence-corrected chi connectivity index (χ4v) is 7.93. The number of nitrogens with two attached hydrogens (primary N) is 1. The van der Waals surface area contributed by atoms with E-state index < -0.39 is 12.1 Å². The number of halogens is 3. The lowest BCUT2D eigenvalue weighted by atomic mass is 9.82. The number of rotatable bonds is 4. The minimum atomic E-state index is -5.19. The molecule has 1 amide bonds. The number of carbonyl (C=O) groups is 2. The zero-order valence-electron chi connectivity index (χ0n) is 26.1. The summed E-state index contributed by atoms with van der Waals surface area (Å²) < 4.78 is 41.3. The summed E-state index contributed by atoms with van der Waals surface area (Å²) in [4.78, 5) is 24.4. The number of alkyl halides is 3. The molecule has 3 aromatic rings. The predicted octanol–water partition coefficient (Wildman–Crippen LogP) is 2.11. The van der Waals surface area contributed by atoms with E-state index in [9.17, 15) is 18.0 Å². The number of amides is 1. The second-order valence-electron chi connectivity index (χ2n) is 12.8. The lowest BCUT2D eigenvalue weighted by Gasteiger charge is -2.39. The van der Waals surface area contributed by atoms with Gasteiger partial charge < -0.3 is 30.6 Å². The summed E-state index contributed by atoms with van der Waals surface area (Å²) >= 11 is 0. The standard InChI is InChI=1S/C34H36N4O2.C2HF3O2/c35-12-13-36-34(39)24-7-1-6-21(18-24)29-27-19-22-8-2-14-37-16-4-10-25(30(22)37)32(27)40-33-26-11-5-17-38-15-3-9-23(31(26)38)20-28(29)33;3-2(4,5)1(6)7/h1,6-7,18-20H,2-5,8-17,35H2;(H,6,7). The van der Waals surface area contributed by atoms with Crippen LogP contribution in [0.2, 0.25) is 0 Å². The molecule has 0 saturated heterocycles. The lowest BCUT2D eigenvalue weighted by Crippen LogP contribution is -2.45. The molecule has 246 valence electrons. The van der Waals surface area contributed by atoms with Gasteiger partial charge in [-0.05, 0) is 73.9 Å². The molecule has 0 radical (unpaired) electrons. The molecule has 0 atom stereocenters. The molecule has 5 heterocycles. The third-order valence-electron chi connectivity index (χ3n) is 9.76. The summed E-state index contributed by atoms with van der Waals surface area (Å²) in [5, 5.41) is 14.4. The minimum absolute atomic E-state index is 0.0762. The molecular weight excluding hydrogens is 609 g/mol. The Morgan fingerprint density at radius 1 is 0.936 bits per heavy atom. The first kappa shape index (κ1) is 31.2. The van der Waals surface area contributed by atoms with Crippen LogP contribution in [0.3, 0.4) is 0 Å². The molecule has 47 heavy (non-hydrogen) atoms. The molecule has 0 spiro atoms. The first-order valence-electron chi connectivity index (χ1n) is 16.5. The summed E-state index contributed by atoms with van der Waals surface area (Å²) in [6.07, 6.45) is 3.85. The number of anilines is 1.